The Morgan fingerprint density at radius 2 is 1.47 bits per heavy atom. The summed E-state index contributed by atoms with van der Waals surface area (Å²) in [6.45, 7) is -0.394. The van der Waals surface area contributed by atoms with E-state index in [4.69, 9.17) is 14.2 Å². The molecule has 3 rings (SSSR count). The number of carbonyl (C=O) groups excluding carboxylic acids is 2. The average Bonchev–Trinajstić information content (AvgIpc) is 2.85. The molecule has 0 atom stereocenters. The predicted molar refractivity (Wildman–Crippen MR) is 122 cm³/mol. The van der Waals surface area contributed by atoms with E-state index >= 15 is 0 Å². The Kier molecular flexibility index (Phi) is 8.03. The molecule has 0 saturated carbocycles. The number of amides is 1. The number of hydrogen-bond acceptors (Lipinski definition) is 5. The molecule has 0 aliphatic heterocycles. The normalized spacial score (nSPS) is 10.7. The number of para-hydroxylation sites is 1. The molecule has 0 radical (unpaired) electrons. The first-order chi connectivity index (χ1) is 15.6. The lowest BCUT2D eigenvalue weighted by molar-refractivity contribution is -0.143. The number of carbonyl (C=O) groups is 2. The fraction of sp³-hybridized carbons (Fsp3) is 0.154. The van der Waals surface area contributed by atoms with E-state index in [9.17, 15) is 9.59 Å². The van der Waals surface area contributed by atoms with Gasteiger partial charge in [-0.05, 0) is 23.3 Å². The quantitative estimate of drug-likeness (QED) is 0.407. The predicted octanol–water partition coefficient (Wildman–Crippen LogP) is 4.17. The Balaban J connectivity index is 1.62. The topological polar surface area (TPSA) is 73.9 Å². The van der Waals surface area contributed by atoms with Gasteiger partial charge in [-0.3, -0.25) is 4.79 Å². The monoisotopic (exact) mass is 431 g/mol. The third-order valence-electron chi connectivity index (χ3n) is 4.75. The Labute approximate surface area is 187 Å². The van der Waals surface area contributed by atoms with Gasteiger partial charge in [0.1, 0.15) is 0 Å². The fourth-order valence-corrected chi connectivity index (χ4v) is 3.24. The van der Waals surface area contributed by atoms with Crippen LogP contribution in [0.2, 0.25) is 0 Å². The van der Waals surface area contributed by atoms with Gasteiger partial charge in [-0.25, -0.2) is 4.79 Å². The molecule has 0 unspecified atom stereocenters. The summed E-state index contributed by atoms with van der Waals surface area (Å²) in [5, 5.41) is 2.94. The maximum Gasteiger partial charge on any atom is 0.331 e. The van der Waals surface area contributed by atoms with Crippen LogP contribution in [0.4, 0.5) is 0 Å². The summed E-state index contributed by atoms with van der Waals surface area (Å²) in [5.41, 5.74) is 2.52. The van der Waals surface area contributed by atoms with E-state index in [0.717, 1.165) is 11.1 Å². The molecule has 0 heterocycles. The van der Waals surface area contributed by atoms with Crippen LogP contribution in [0.3, 0.4) is 0 Å². The van der Waals surface area contributed by atoms with E-state index in [-0.39, 0.29) is 6.04 Å². The summed E-state index contributed by atoms with van der Waals surface area (Å²) in [6.07, 6.45) is 2.80. The van der Waals surface area contributed by atoms with Crippen molar-refractivity contribution in [1.82, 2.24) is 5.32 Å². The van der Waals surface area contributed by atoms with Gasteiger partial charge in [-0.1, -0.05) is 72.8 Å². The second-order valence-corrected chi connectivity index (χ2v) is 6.85. The Morgan fingerprint density at radius 1 is 0.844 bits per heavy atom. The number of methoxy groups -OCH3 is 2. The van der Waals surface area contributed by atoms with Gasteiger partial charge in [-0.2, -0.15) is 0 Å². The van der Waals surface area contributed by atoms with Crippen molar-refractivity contribution in [2.24, 2.45) is 0 Å². The van der Waals surface area contributed by atoms with Gasteiger partial charge in [0.05, 0.1) is 20.3 Å². The zero-order valence-corrected chi connectivity index (χ0v) is 18.0. The molecule has 0 aliphatic rings. The van der Waals surface area contributed by atoms with Crippen molar-refractivity contribution in [3.8, 4) is 11.5 Å². The van der Waals surface area contributed by atoms with Gasteiger partial charge in [0.15, 0.2) is 18.1 Å². The van der Waals surface area contributed by atoms with E-state index in [1.807, 2.05) is 60.7 Å². The number of ether oxygens (including phenoxy) is 3. The van der Waals surface area contributed by atoms with Crippen molar-refractivity contribution < 1.29 is 23.8 Å². The number of hydrogen-bond donors (Lipinski definition) is 1. The molecule has 3 aromatic carbocycles. The van der Waals surface area contributed by atoms with Crippen molar-refractivity contribution in [3.05, 3.63) is 102 Å². The van der Waals surface area contributed by atoms with Crippen molar-refractivity contribution in [2.45, 2.75) is 6.04 Å². The summed E-state index contributed by atoms with van der Waals surface area (Å²) < 4.78 is 15.7. The maximum atomic E-state index is 12.5. The summed E-state index contributed by atoms with van der Waals surface area (Å²) in [6, 6.07) is 24.2. The van der Waals surface area contributed by atoms with Crippen LogP contribution in [0.5, 0.6) is 11.5 Å². The van der Waals surface area contributed by atoms with Crippen molar-refractivity contribution in [2.75, 3.05) is 20.8 Å². The van der Waals surface area contributed by atoms with Gasteiger partial charge in [0.2, 0.25) is 0 Å². The van der Waals surface area contributed by atoms with Crippen molar-refractivity contribution in [3.63, 3.8) is 0 Å². The first-order valence-electron chi connectivity index (χ1n) is 10.1. The van der Waals surface area contributed by atoms with Gasteiger partial charge < -0.3 is 19.5 Å². The molecule has 0 saturated heterocycles. The lowest BCUT2D eigenvalue weighted by Crippen LogP contribution is -2.32. The van der Waals surface area contributed by atoms with Gasteiger partial charge in [0.25, 0.3) is 5.91 Å². The molecule has 6 heteroatoms. The van der Waals surface area contributed by atoms with E-state index in [2.05, 4.69) is 5.32 Å². The van der Waals surface area contributed by atoms with Crippen LogP contribution >= 0.6 is 0 Å². The molecular formula is C26H25NO5. The molecule has 0 fully saturated rings. The molecule has 164 valence electrons. The summed E-state index contributed by atoms with van der Waals surface area (Å²) in [7, 11) is 3.06. The largest absolute Gasteiger partial charge is 0.493 e. The van der Waals surface area contributed by atoms with Crippen LogP contribution in [-0.2, 0) is 14.3 Å². The van der Waals surface area contributed by atoms with E-state index in [1.165, 1.54) is 20.3 Å². The molecule has 3 aromatic rings. The first-order valence-corrected chi connectivity index (χ1v) is 10.1. The van der Waals surface area contributed by atoms with E-state index < -0.39 is 18.5 Å². The van der Waals surface area contributed by atoms with Gasteiger partial charge >= 0.3 is 5.97 Å². The van der Waals surface area contributed by atoms with Crippen LogP contribution in [0, 0.1) is 0 Å². The molecule has 0 spiro atoms. The highest BCUT2D eigenvalue weighted by molar-refractivity contribution is 5.90. The van der Waals surface area contributed by atoms with Crippen LogP contribution < -0.4 is 14.8 Å². The standard InChI is InChI=1S/C26H25NO5/c1-30-22-15-9-14-21(26(22)31-2)16-17-24(29)32-18-23(28)27-25(19-10-5-3-6-11-19)20-12-7-4-8-13-20/h3-17,25H,18H2,1-2H3,(H,27,28). The molecule has 1 N–H and O–H groups in total. The minimum absolute atomic E-state index is 0.347. The third kappa shape index (κ3) is 5.98. The van der Waals surface area contributed by atoms with Crippen LogP contribution in [0.15, 0.2) is 84.9 Å². The third-order valence-corrected chi connectivity index (χ3v) is 4.75. The van der Waals surface area contributed by atoms with Crippen LogP contribution in [0.25, 0.3) is 6.08 Å². The Hall–Kier alpha value is -4.06. The Morgan fingerprint density at radius 3 is 2.03 bits per heavy atom. The molecule has 6 nitrogen and oxygen atoms in total. The molecule has 1 amide bonds. The summed E-state index contributed by atoms with van der Waals surface area (Å²) in [4.78, 5) is 24.7. The zero-order chi connectivity index (χ0) is 22.8. The Bertz CT molecular complexity index is 1020. The highest BCUT2D eigenvalue weighted by Gasteiger charge is 2.17. The highest BCUT2D eigenvalue weighted by Crippen LogP contribution is 2.31. The second-order valence-electron chi connectivity index (χ2n) is 6.85. The molecule has 0 aromatic heterocycles. The van der Waals surface area contributed by atoms with Crippen molar-refractivity contribution in [1.29, 1.82) is 0 Å². The SMILES string of the molecule is COc1cccc(C=CC(=O)OCC(=O)NC(c2ccccc2)c2ccccc2)c1OC. The molecular weight excluding hydrogens is 406 g/mol. The summed E-state index contributed by atoms with van der Waals surface area (Å²) in [5.74, 6) is 0.0185. The zero-order valence-electron chi connectivity index (χ0n) is 18.0. The van der Waals surface area contributed by atoms with Gasteiger partial charge in [-0.15, -0.1) is 0 Å². The van der Waals surface area contributed by atoms with Gasteiger partial charge in [0, 0.05) is 11.6 Å². The highest BCUT2D eigenvalue weighted by atomic mass is 16.5. The lowest BCUT2D eigenvalue weighted by Gasteiger charge is -2.19. The van der Waals surface area contributed by atoms with E-state index in [0.29, 0.717) is 17.1 Å². The number of nitrogens with one attached hydrogen (secondary N) is 1. The number of benzene rings is 3. The molecule has 0 bridgehead atoms. The number of esters is 1. The van der Waals surface area contributed by atoms with Crippen molar-refractivity contribution >= 4 is 18.0 Å². The lowest BCUT2D eigenvalue weighted by atomic mass is 9.99. The van der Waals surface area contributed by atoms with E-state index in [1.54, 1.807) is 24.3 Å². The first kappa shape index (κ1) is 22.6. The van der Waals surface area contributed by atoms with Crippen LogP contribution in [0.1, 0.15) is 22.7 Å². The maximum absolute atomic E-state index is 12.5. The minimum atomic E-state index is -0.638. The number of rotatable bonds is 9. The minimum Gasteiger partial charge on any atom is -0.493 e. The molecule has 32 heavy (non-hydrogen) atoms. The fourth-order valence-electron chi connectivity index (χ4n) is 3.24. The summed E-state index contributed by atoms with van der Waals surface area (Å²) >= 11 is 0. The second kappa shape index (κ2) is 11.4. The average molecular weight is 431 g/mol. The smallest absolute Gasteiger partial charge is 0.331 e. The molecule has 0 aliphatic carbocycles. The van der Waals surface area contributed by atoms with Crippen LogP contribution in [-0.4, -0.2) is 32.7 Å².